The number of nitrogens with one attached hydrogen (secondary N) is 2. The molecule has 0 aromatic heterocycles. The Morgan fingerprint density at radius 1 is 1.22 bits per heavy atom. The van der Waals surface area contributed by atoms with Gasteiger partial charge in [-0.25, -0.2) is 0 Å². The third kappa shape index (κ3) is 7.56. The van der Waals surface area contributed by atoms with E-state index in [0.717, 1.165) is 38.8 Å². The van der Waals surface area contributed by atoms with Crippen LogP contribution in [0.3, 0.4) is 0 Å². The first kappa shape index (κ1) is 21.0. The van der Waals surface area contributed by atoms with Crippen molar-refractivity contribution in [1.82, 2.24) is 15.5 Å². The Balaban J connectivity index is 0.00000264. The molecule has 23 heavy (non-hydrogen) atoms. The fraction of sp³-hybridized carbons (Fsp3) is 0.941. The van der Waals surface area contributed by atoms with Gasteiger partial charge in [0, 0.05) is 38.8 Å². The Hall–Kier alpha value is -0.0800. The van der Waals surface area contributed by atoms with Crippen molar-refractivity contribution in [3.8, 4) is 0 Å². The highest BCUT2D eigenvalue weighted by Gasteiger charge is 2.22. The number of ether oxygens (including phenoxy) is 1. The standard InChI is InChI=1S/C17H34N4O.HI/c1-14(2)12-16(21-8-10-22-11-9-21)13-19-17(18-3)20-15-6-4-5-7-15;/h14-16H,4-13H2,1-3H3,(H2,18,19,20);1H. The number of halogens is 1. The normalized spacial score (nSPS) is 22.0. The van der Waals surface area contributed by atoms with E-state index in [1.807, 2.05) is 7.05 Å². The van der Waals surface area contributed by atoms with E-state index in [-0.39, 0.29) is 24.0 Å². The van der Waals surface area contributed by atoms with Crippen LogP contribution in [0.1, 0.15) is 46.0 Å². The summed E-state index contributed by atoms with van der Waals surface area (Å²) < 4.78 is 5.49. The van der Waals surface area contributed by atoms with Crippen LogP contribution in [0.5, 0.6) is 0 Å². The highest BCUT2D eigenvalue weighted by atomic mass is 127. The van der Waals surface area contributed by atoms with Crippen LogP contribution in [-0.4, -0.2) is 62.8 Å². The third-order valence-corrected chi connectivity index (χ3v) is 4.73. The molecule has 0 bridgehead atoms. The van der Waals surface area contributed by atoms with Crippen molar-refractivity contribution >= 4 is 29.9 Å². The maximum Gasteiger partial charge on any atom is 0.191 e. The van der Waals surface area contributed by atoms with Crippen LogP contribution in [0.2, 0.25) is 0 Å². The molecule has 1 saturated carbocycles. The molecule has 0 amide bonds. The van der Waals surface area contributed by atoms with Gasteiger partial charge in [0.2, 0.25) is 0 Å². The molecule has 0 aromatic carbocycles. The van der Waals surface area contributed by atoms with Crippen LogP contribution in [0.25, 0.3) is 0 Å². The van der Waals surface area contributed by atoms with Gasteiger partial charge in [-0.15, -0.1) is 24.0 Å². The third-order valence-electron chi connectivity index (χ3n) is 4.73. The Bertz CT molecular complexity index is 339. The van der Waals surface area contributed by atoms with E-state index in [0.29, 0.717) is 18.0 Å². The molecule has 1 unspecified atom stereocenters. The molecule has 0 spiro atoms. The number of nitrogens with zero attached hydrogens (tertiary/aromatic N) is 2. The van der Waals surface area contributed by atoms with Gasteiger partial charge in [0.1, 0.15) is 0 Å². The first-order valence-electron chi connectivity index (χ1n) is 8.98. The molecule has 1 atom stereocenters. The van der Waals surface area contributed by atoms with E-state index < -0.39 is 0 Å². The highest BCUT2D eigenvalue weighted by molar-refractivity contribution is 14.0. The fourth-order valence-electron chi connectivity index (χ4n) is 3.52. The second-order valence-electron chi connectivity index (χ2n) is 7.01. The number of guanidine groups is 1. The number of aliphatic imine (C=N–C) groups is 1. The number of morpholine rings is 1. The largest absolute Gasteiger partial charge is 0.379 e. The minimum absolute atomic E-state index is 0. The zero-order chi connectivity index (χ0) is 15.8. The zero-order valence-electron chi connectivity index (χ0n) is 15.0. The fourth-order valence-corrected chi connectivity index (χ4v) is 3.52. The van der Waals surface area contributed by atoms with Gasteiger partial charge in [-0.1, -0.05) is 26.7 Å². The predicted molar refractivity (Wildman–Crippen MR) is 108 cm³/mol. The van der Waals surface area contributed by atoms with Gasteiger partial charge in [-0.05, 0) is 25.2 Å². The van der Waals surface area contributed by atoms with Crippen molar-refractivity contribution in [2.75, 3.05) is 39.9 Å². The van der Waals surface area contributed by atoms with Crippen LogP contribution in [0.15, 0.2) is 4.99 Å². The minimum Gasteiger partial charge on any atom is -0.379 e. The Morgan fingerprint density at radius 2 is 1.87 bits per heavy atom. The Labute approximate surface area is 159 Å². The maximum absolute atomic E-state index is 5.49. The van der Waals surface area contributed by atoms with Gasteiger partial charge in [0.15, 0.2) is 5.96 Å². The number of hydrogen-bond donors (Lipinski definition) is 2. The molecule has 2 fully saturated rings. The number of rotatable bonds is 6. The average molecular weight is 438 g/mol. The summed E-state index contributed by atoms with van der Waals surface area (Å²) in [5.41, 5.74) is 0. The summed E-state index contributed by atoms with van der Waals surface area (Å²) in [6, 6.07) is 1.17. The molecule has 0 aromatic rings. The zero-order valence-corrected chi connectivity index (χ0v) is 17.3. The quantitative estimate of drug-likeness (QED) is 0.380. The van der Waals surface area contributed by atoms with Crippen molar-refractivity contribution in [3.63, 3.8) is 0 Å². The maximum atomic E-state index is 5.49. The lowest BCUT2D eigenvalue weighted by molar-refractivity contribution is 0.0132. The molecular weight excluding hydrogens is 403 g/mol. The van der Waals surface area contributed by atoms with Gasteiger partial charge in [0.05, 0.1) is 13.2 Å². The van der Waals surface area contributed by atoms with Crippen molar-refractivity contribution in [2.24, 2.45) is 10.9 Å². The van der Waals surface area contributed by atoms with Crippen LogP contribution in [-0.2, 0) is 4.74 Å². The van der Waals surface area contributed by atoms with Crippen LogP contribution >= 0.6 is 24.0 Å². The molecule has 1 aliphatic carbocycles. The summed E-state index contributed by atoms with van der Waals surface area (Å²) in [6.45, 7) is 9.40. The lowest BCUT2D eigenvalue weighted by Gasteiger charge is -2.36. The lowest BCUT2D eigenvalue weighted by atomic mass is 10.0. The Morgan fingerprint density at radius 3 is 2.43 bits per heavy atom. The van der Waals surface area contributed by atoms with Crippen LogP contribution < -0.4 is 10.6 Å². The molecule has 2 N–H and O–H groups in total. The van der Waals surface area contributed by atoms with Crippen molar-refractivity contribution in [2.45, 2.75) is 58.0 Å². The second-order valence-corrected chi connectivity index (χ2v) is 7.01. The van der Waals surface area contributed by atoms with Gasteiger partial charge in [0.25, 0.3) is 0 Å². The van der Waals surface area contributed by atoms with Gasteiger partial charge >= 0.3 is 0 Å². The first-order valence-corrected chi connectivity index (χ1v) is 8.98. The molecule has 1 aliphatic heterocycles. The highest BCUT2D eigenvalue weighted by Crippen LogP contribution is 2.17. The SMILES string of the molecule is CN=C(NCC(CC(C)C)N1CCOCC1)NC1CCCC1.I. The predicted octanol–water partition coefficient (Wildman–Crippen LogP) is 2.46. The monoisotopic (exact) mass is 438 g/mol. The van der Waals surface area contributed by atoms with E-state index in [9.17, 15) is 0 Å². The molecule has 5 nitrogen and oxygen atoms in total. The second kappa shape index (κ2) is 11.5. The molecule has 2 aliphatic rings. The first-order chi connectivity index (χ1) is 10.7. The smallest absolute Gasteiger partial charge is 0.191 e. The summed E-state index contributed by atoms with van der Waals surface area (Å²) >= 11 is 0. The van der Waals surface area contributed by atoms with Gasteiger partial charge < -0.3 is 15.4 Å². The average Bonchev–Trinajstić information content (AvgIpc) is 3.03. The lowest BCUT2D eigenvalue weighted by Crippen LogP contribution is -2.51. The van der Waals surface area contributed by atoms with E-state index in [2.05, 4.69) is 34.4 Å². The van der Waals surface area contributed by atoms with E-state index in [1.54, 1.807) is 0 Å². The van der Waals surface area contributed by atoms with Crippen molar-refractivity contribution in [1.29, 1.82) is 0 Å². The van der Waals surface area contributed by atoms with E-state index >= 15 is 0 Å². The van der Waals surface area contributed by atoms with E-state index in [1.165, 1.54) is 32.1 Å². The number of hydrogen-bond acceptors (Lipinski definition) is 3. The molecular formula is C17H35IN4O. The molecule has 1 heterocycles. The Kier molecular flexibility index (Phi) is 10.5. The summed E-state index contributed by atoms with van der Waals surface area (Å²) in [5.74, 6) is 1.67. The summed E-state index contributed by atoms with van der Waals surface area (Å²) in [6.07, 6.45) is 6.46. The van der Waals surface area contributed by atoms with Crippen molar-refractivity contribution in [3.05, 3.63) is 0 Å². The van der Waals surface area contributed by atoms with Crippen LogP contribution in [0, 0.1) is 5.92 Å². The molecule has 1 saturated heterocycles. The van der Waals surface area contributed by atoms with E-state index in [4.69, 9.17) is 4.74 Å². The summed E-state index contributed by atoms with van der Waals surface area (Å²) in [7, 11) is 1.87. The van der Waals surface area contributed by atoms with Crippen molar-refractivity contribution < 1.29 is 4.74 Å². The van der Waals surface area contributed by atoms with Gasteiger partial charge in [-0.2, -0.15) is 0 Å². The minimum atomic E-state index is 0. The topological polar surface area (TPSA) is 48.9 Å². The molecule has 136 valence electrons. The van der Waals surface area contributed by atoms with Gasteiger partial charge in [-0.3, -0.25) is 9.89 Å². The molecule has 6 heteroatoms. The summed E-state index contributed by atoms with van der Waals surface area (Å²) in [4.78, 5) is 6.97. The summed E-state index contributed by atoms with van der Waals surface area (Å²) in [5, 5.41) is 7.13. The van der Waals surface area contributed by atoms with Crippen LogP contribution in [0.4, 0.5) is 0 Å². The molecule has 0 radical (unpaired) electrons. The molecule has 2 rings (SSSR count).